The molecule has 0 aliphatic rings. The lowest BCUT2D eigenvalue weighted by molar-refractivity contribution is 0.0938. The minimum atomic E-state index is -0.249. The van der Waals surface area contributed by atoms with E-state index in [9.17, 15) is 9.90 Å². The Labute approximate surface area is 119 Å². The Morgan fingerprint density at radius 2 is 2.16 bits per heavy atom. The summed E-state index contributed by atoms with van der Waals surface area (Å²) in [6, 6.07) is 10.1. The van der Waals surface area contributed by atoms with Gasteiger partial charge in [0, 0.05) is 11.8 Å². The fourth-order valence-corrected chi connectivity index (χ4v) is 1.89. The number of aromatic hydroxyl groups is 1. The molecule has 1 aromatic carbocycles. The highest BCUT2D eigenvalue weighted by Crippen LogP contribution is 2.24. The first-order valence-electron chi connectivity index (χ1n) is 5.78. The molecule has 98 valence electrons. The number of hydrogen-bond donors (Lipinski definition) is 2. The van der Waals surface area contributed by atoms with Crippen molar-refractivity contribution in [3.63, 3.8) is 0 Å². The second-order valence-electron chi connectivity index (χ2n) is 4.12. The average molecular weight is 321 g/mol. The van der Waals surface area contributed by atoms with E-state index < -0.39 is 0 Å². The number of phenolic OH excluding ortho intramolecular Hbond substituents is 1. The van der Waals surface area contributed by atoms with Crippen LogP contribution in [0.25, 0.3) is 0 Å². The zero-order chi connectivity index (χ0) is 13.8. The molecule has 0 spiro atoms. The number of rotatable bonds is 3. The summed E-state index contributed by atoms with van der Waals surface area (Å²) in [5, 5.41) is 12.4. The van der Waals surface area contributed by atoms with E-state index in [4.69, 9.17) is 0 Å². The lowest BCUT2D eigenvalue weighted by atomic mass is 10.1. The van der Waals surface area contributed by atoms with Gasteiger partial charge in [0.2, 0.25) is 0 Å². The van der Waals surface area contributed by atoms with Gasteiger partial charge in [0.1, 0.15) is 5.75 Å². The third kappa shape index (κ3) is 3.32. The number of pyridine rings is 1. The molecule has 0 aliphatic carbocycles. The van der Waals surface area contributed by atoms with Gasteiger partial charge in [-0.25, -0.2) is 0 Å². The molecule has 0 saturated heterocycles. The standard InChI is InChI=1S/C14H13BrN2O2/c1-9(12-4-2-3-7-16-12)17-14(19)10-5-6-11(15)13(18)8-10/h2-9,18H,1H3,(H,17,19). The van der Waals surface area contributed by atoms with Crippen LogP contribution in [0, 0.1) is 0 Å². The zero-order valence-electron chi connectivity index (χ0n) is 10.3. The molecule has 2 rings (SSSR count). The van der Waals surface area contributed by atoms with Crippen LogP contribution in [0.5, 0.6) is 5.75 Å². The van der Waals surface area contributed by atoms with E-state index in [0.29, 0.717) is 10.0 Å². The van der Waals surface area contributed by atoms with Crippen LogP contribution < -0.4 is 5.32 Å². The summed E-state index contributed by atoms with van der Waals surface area (Å²) < 4.78 is 0.557. The predicted octanol–water partition coefficient (Wildman–Crippen LogP) is 3.04. The lowest BCUT2D eigenvalue weighted by Crippen LogP contribution is -2.27. The van der Waals surface area contributed by atoms with Crippen LogP contribution in [0.3, 0.4) is 0 Å². The number of carbonyl (C=O) groups excluding carboxylic acids is 1. The number of phenols is 1. The van der Waals surface area contributed by atoms with Crippen molar-refractivity contribution in [2.75, 3.05) is 0 Å². The van der Waals surface area contributed by atoms with E-state index >= 15 is 0 Å². The van der Waals surface area contributed by atoms with Crippen molar-refractivity contribution in [2.24, 2.45) is 0 Å². The van der Waals surface area contributed by atoms with Crippen LogP contribution in [0.2, 0.25) is 0 Å². The van der Waals surface area contributed by atoms with E-state index in [1.807, 2.05) is 25.1 Å². The molecule has 0 saturated carbocycles. The molecule has 2 N–H and O–H groups in total. The molecule has 0 fully saturated rings. The van der Waals surface area contributed by atoms with Crippen LogP contribution >= 0.6 is 15.9 Å². The molecule has 1 heterocycles. The topological polar surface area (TPSA) is 62.2 Å². The first-order valence-corrected chi connectivity index (χ1v) is 6.57. The van der Waals surface area contributed by atoms with Crippen molar-refractivity contribution in [1.29, 1.82) is 0 Å². The second kappa shape index (κ2) is 5.84. The molecule has 19 heavy (non-hydrogen) atoms. The van der Waals surface area contributed by atoms with Gasteiger partial charge in [-0.05, 0) is 53.2 Å². The Bertz CT molecular complexity index is 587. The molecule has 4 nitrogen and oxygen atoms in total. The Balaban J connectivity index is 2.11. The summed E-state index contributed by atoms with van der Waals surface area (Å²) >= 11 is 3.17. The van der Waals surface area contributed by atoms with Crippen LogP contribution in [0.4, 0.5) is 0 Å². The Hall–Kier alpha value is -1.88. The Morgan fingerprint density at radius 1 is 1.37 bits per heavy atom. The third-order valence-electron chi connectivity index (χ3n) is 2.69. The van der Waals surface area contributed by atoms with Gasteiger partial charge in [-0.3, -0.25) is 9.78 Å². The predicted molar refractivity (Wildman–Crippen MR) is 75.9 cm³/mol. The van der Waals surface area contributed by atoms with Gasteiger partial charge < -0.3 is 10.4 Å². The monoisotopic (exact) mass is 320 g/mol. The number of carbonyl (C=O) groups is 1. The van der Waals surface area contributed by atoms with Crippen LogP contribution in [-0.2, 0) is 0 Å². The van der Waals surface area contributed by atoms with Gasteiger partial charge in [-0.1, -0.05) is 6.07 Å². The summed E-state index contributed by atoms with van der Waals surface area (Å²) in [6.45, 7) is 1.86. The first kappa shape index (κ1) is 13.5. The first-order chi connectivity index (χ1) is 9.08. The van der Waals surface area contributed by atoms with Crippen LogP contribution in [0.15, 0.2) is 47.1 Å². The summed E-state index contributed by atoms with van der Waals surface area (Å²) in [6.07, 6.45) is 1.68. The van der Waals surface area contributed by atoms with Gasteiger partial charge >= 0.3 is 0 Å². The fraction of sp³-hybridized carbons (Fsp3) is 0.143. The summed E-state index contributed by atoms with van der Waals surface area (Å²) in [4.78, 5) is 16.2. The minimum Gasteiger partial charge on any atom is -0.507 e. The van der Waals surface area contributed by atoms with Crippen LogP contribution in [-0.4, -0.2) is 16.0 Å². The maximum atomic E-state index is 12.0. The Morgan fingerprint density at radius 3 is 2.79 bits per heavy atom. The van der Waals surface area contributed by atoms with Gasteiger partial charge in [-0.15, -0.1) is 0 Å². The largest absolute Gasteiger partial charge is 0.507 e. The second-order valence-corrected chi connectivity index (χ2v) is 4.97. The van der Waals surface area contributed by atoms with E-state index in [-0.39, 0.29) is 17.7 Å². The molecule has 0 radical (unpaired) electrons. The molecule has 0 aliphatic heterocycles. The van der Waals surface area contributed by atoms with Gasteiger partial charge in [0.25, 0.3) is 5.91 Å². The lowest BCUT2D eigenvalue weighted by Gasteiger charge is -2.13. The fourth-order valence-electron chi connectivity index (χ4n) is 1.64. The number of benzene rings is 1. The molecule has 1 amide bonds. The average Bonchev–Trinajstić information content (AvgIpc) is 2.42. The smallest absolute Gasteiger partial charge is 0.251 e. The van der Waals surface area contributed by atoms with E-state index in [2.05, 4.69) is 26.2 Å². The van der Waals surface area contributed by atoms with Crippen molar-refractivity contribution >= 4 is 21.8 Å². The van der Waals surface area contributed by atoms with Crippen molar-refractivity contribution in [2.45, 2.75) is 13.0 Å². The number of halogens is 1. The van der Waals surface area contributed by atoms with Gasteiger partial charge in [-0.2, -0.15) is 0 Å². The SMILES string of the molecule is CC(NC(=O)c1ccc(Br)c(O)c1)c1ccccn1. The number of hydrogen-bond acceptors (Lipinski definition) is 3. The van der Waals surface area contributed by atoms with Crippen molar-refractivity contribution < 1.29 is 9.90 Å². The molecule has 1 aromatic heterocycles. The third-order valence-corrected chi connectivity index (χ3v) is 3.36. The summed E-state index contributed by atoms with van der Waals surface area (Å²) in [5.74, 6) is -0.209. The molecular weight excluding hydrogens is 308 g/mol. The maximum Gasteiger partial charge on any atom is 0.251 e. The number of nitrogens with zero attached hydrogens (tertiary/aromatic N) is 1. The number of nitrogens with one attached hydrogen (secondary N) is 1. The minimum absolute atomic E-state index is 0.0399. The maximum absolute atomic E-state index is 12.0. The van der Waals surface area contributed by atoms with Gasteiger partial charge in [0.15, 0.2) is 0 Å². The van der Waals surface area contributed by atoms with E-state index in [0.717, 1.165) is 5.69 Å². The molecule has 1 unspecified atom stereocenters. The number of amides is 1. The van der Waals surface area contributed by atoms with Crippen LogP contribution in [0.1, 0.15) is 29.0 Å². The molecule has 0 bridgehead atoms. The molecule has 5 heteroatoms. The molecule has 2 aromatic rings. The Kier molecular flexibility index (Phi) is 4.16. The van der Waals surface area contributed by atoms with E-state index in [1.165, 1.54) is 6.07 Å². The highest BCUT2D eigenvalue weighted by Gasteiger charge is 2.13. The quantitative estimate of drug-likeness (QED) is 0.913. The molecule has 1 atom stereocenters. The summed E-state index contributed by atoms with van der Waals surface area (Å²) in [7, 11) is 0. The normalized spacial score (nSPS) is 11.9. The zero-order valence-corrected chi connectivity index (χ0v) is 11.9. The highest BCUT2D eigenvalue weighted by atomic mass is 79.9. The highest BCUT2D eigenvalue weighted by molar-refractivity contribution is 9.10. The number of aromatic nitrogens is 1. The van der Waals surface area contributed by atoms with Crippen molar-refractivity contribution in [3.8, 4) is 5.75 Å². The van der Waals surface area contributed by atoms with Crippen molar-refractivity contribution in [1.82, 2.24) is 10.3 Å². The summed E-state index contributed by atoms with van der Waals surface area (Å²) in [5.41, 5.74) is 1.20. The van der Waals surface area contributed by atoms with Crippen molar-refractivity contribution in [3.05, 3.63) is 58.3 Å². The van der Waals surface area contributed by atoms with E-state index in [1.54, 1.807) is 18.3 Å². The molecular formula is C14H13BrN2O2. The van der Waals surface area contributed by atoms with Gasteiger partial charge in [0.05, 0.1) is 16.2 Å².